The van der Waals surface area contributed by atoms with Crippen molar-refractivity contribution in [3.63, 3.8) is 0 Å². The van der Waals surface area contributed by atoms with E-state index in [2.05, 4.69) is 24.6 Å². The SMILES string of the molecule is COC(=O)c1ccc(C(=O)c2ccc(CN(Cc3ccccn3)Cc3ccccn3)cc2)[nH]1. The number of benzene rings is 1. The lowest BCUT2D eigenvalue weighted by Gasteiger charge is -2.22. The topological polar surface area (TPSA) is 88.2 Å². The highest BCUT2D eigenvalue weighted by Crippen LogP contribution is 2.16. The summed E-state index contributed by atoms with van der Waals surface area (Å²) in [7, 11) is 1.30. The van der Waals surface area contributed by atoms with Crippen molar-refractivity contribution >= 4 is 11.8 Å². The van der Waals surface area contributed by atoms with Crippen LogP contribution in [-0.2, 0) is 24.4 Å². The maximum absolute atomic E-state index is 12.8. The van der Waals surface area contributed by atoms with Crippen molar-refractivity contribution < 1.29 is 14.3 Å². The van der Waals surface area contributed by atoms with Crippen LogP contribution < -0.4 is 0 Å². The summed E-state index contributed by atoms with van der Waals surface area (Å²) in [5.41, 5.74) is 4.16. The van der Waals surface area contributed by atoms with E-state index in [1.54, 1.807) is 36.7 Å². The predicted molar refractivity (Wildman–Crippen MR) is 123 cm³/mol. The molecule has 0 fully saturated rings. The van der Waals surface area contributed by atoms with Gasteiger partial charge < -0.3 is 9.72 Å². The molecule has 0 saturated carbocycles. The summed E-state index contributed by atoms with van der Waals surface area (Å²) in [6.45, 7) is 2.03. The molecule has 0 radical (unpaired) electrons. The highest BCUT2D eigenvalue weighted by atomic mass is 16.5. The Morgan fingerprint density at radius 2 is 1.39 bits per heavy atom. The van der Waals surface area contributed by atoms with Crippen LogP contribution in [0.3, 0.4) is 0 Å². The molecule has 4 aromatic rings. The number of pyridine rings is 2. The summed E-state index contributed by atoms with van der Waals surface area (Å²) in [6.07, 6.45) is 3.59. The summed E-state index contributed by atoms with van der Waals surface area (Å²) in [6, 6.07) is 22.4. The molecule has 166 valence electrons. The van der Waals surface area contributed by atoms with Gasteiger partial charge in [-0.15, -0.1) is 0 Å². The number of ether oxygens (including phenoxy) is 1. The first kappa shape index (κ1) is 22.1. The maximum atomic E-state index is 12.8. The fourth-order valence-corrected chi connectivity index (χ4v) is 3.54. The number of rotatable bonds is 9. The molecule has 4 rings (SSSR count). The number of hydrogen-bond donors (Lipinski definition) is 1. The van der Waals surface area contributed by atoms with Gasteiger partial charge in [0.15, 0.2) is 0 Å². The van der Waals surface area contributed by atoms with Gasteiger partial charge in [-0.3, -0.25) is 19.7 Å². The van der Waals surface area contributed by atoms with Crippen molar-refractivity contribution in [2.45, 2.75) is 19.6 Å². The van der Waals surface area contributed by atoms with Gasteiger partial charge in [0.25, 0.3) is 0 Å². The third kappa shape index (κ3) is 5.78. The number of hydrogen-bond acceptors (Lipinski definition) is 6. The van der Waals surface area contributed by atoms with Crippen molar-refractivity contribution in [2.75, 3.05) is 7.11 Å². The Hall–Kier alpha value is -4.10. The second-order valence-corrected chi connectivity index (χ2v) is 7.59. The summed E-state index contributed by atoms with van der Waals surface area (Å²) < 4.78 is 4.68. The number of carbonyl (C=O) groups is 2. The van der Waals surface area contributed by atoms with E-state index in [-0.39, 0.29) is 11.5 Å². The fraction of sp³-hybridized carbons (Fsp3) is 0.154. The number of methoxy groups -OCH3 is 1. The highest BCUT2D eigenvalue weighted by molar-refractivity contribution is 6.08. The van der Waals surface area contributed by atoms with Gasteiger partial charge >= 0.3 is 5.97 Å². The van der Waals surface area contributed by atoms with Gasteiger partial charge in [0.1, 0.15) is 5.69 Å². The minimum absolute atomic E-state index is 0.185. The highest BCUT2D eigenvalue weighted by Gasteiger charge is 2.15. The molecule has 3 heterocycles. The monoisotopic (exact) mass is 440 g/mol. The van der Waals surface area contributed by atoms with Crippen molar-refractivity contribution in [3.05, 3.63) is 119 Å². The van der Waals surface area contributed by atoms with E-state index < -0.39 is 5.97 Å². The van der Waals surface area contributed by atoms with Crippen LogP contribution in [0.1, 0.15) is 43.5 Å². The van der Waals surface area contributed by atoms with Crippen molar-refractivity contribution in [3.8, 4) is 0 Å². The molecular weight excluding hydrogens is 416 g/mol. The first-order chi connectivity index (χ1) is 16.1. The molecule has 0 amide bonds. The lowest BCUT2D eigenvalue weighted by molar-refractivity contribution is 0.0595. The molecular formula is C26H24N4O3. The van der Waals surface area contributed by atoms with Gasteiger partial charge in [0.05, 0.1) is 24.2 Å². The Morgan fingerprint density at radius 1 is 0.788 bits per heavy atom. The smallest absolute Gasteiger partial charge is 0.354 e. The third-order valence-electron chi connectivity index (χ3n) is 5.18. The van der Waals surface area contributed by atoms with Crippen LogP contribution in [0.4, 0.5) is 0 Å². The zero-order valence-corrected chi connectivity index (χ0v) is 18.3. The molecule has 0 saturated heterocycles. The van der Waals surface area contributed by atoms with Crippen molar-refractivity contribution in [1.29, 1.82) is 0 Å². The van der Waals surface area contributed by atoms with Crippen LogP contribution in [0, 0.1) is 0 Å². The van der Waals surface area contributed by atoms with Gasteiger partial charge in [-0.05, 0) is 42.0 Å². The third-order valence-corrected chi connectivity index (χ3v) is 5.18. The molecule has 7 nitrogen and oxygen atoms in total. The number of nitrogens with zero attached hydrogens (tertiary/aromatic N) is 3. The van der Waals surface area contributed by atoms with Crippen molar-refractivity contribution in [2.24, 2.45) is 0 Å². The molecule has 0 aliphatic heterocycles. The van der Waals surface area contributed by atoms with Crippen molar-refractivity contribution in [1.82, 2.24) is 19.9 Å². The number of aromatic amines is 1. The molecule has 0 unspecified atom stereocenters. The Labute approximate surface area is 192 Å². The van der Waals surface area contributed by atoms with E-state index in [4.69, 9.17) is 0 Å². The molecule has 1 N–H and O–H groups in total. The van der Waals surface area contributed by atoms with Crippen LogP contribution >= 0.6 is 0 Å². The molecule has 0 aliphatic rings. The Kier molecular flexibility index (Phi) is 7.02. The minimum atomic E-state index is -0.509. The predicted octanol–water partition coefficient (Wildman–Crippen LogP) is 4.02. The molecule has 33 heavy (non-hydrogen) atoms. The largest absolute Gasteiger partial charge is 0.464 e. The number of esters is 1. The molecule has 1 aromatic carbocycles. The Morgan fingerprint density at radius 3 is 1.94 bits per heavy atom. The van der Waals surface area contributed by atoms with Crippen LogP contribution in [0.5, 0.6) is 0 Å². The fourth-order valence-electron chi connectivity index (χ4n) is 3.54. The molecule has 0 spiro atoms. The van der Waals surface area contributed by atoms with Gasteiger partial charge in [-0.25, -0.2) is 4.79 Å². The van der Waals surface area contributed by atoms with Crippen LogP contribution in [0.25, 0.3) is 0 Å². The first-order valence-corrected chi connectivity index (χ1v) is 10.6. The van der Waals surface area contributed by atoms with Crippen LogP contribution in [-0.4, -0.2) is 38.7 Å². The van der Waals surface area contributed by atoms with Gasteiger partial charge in [0, 0.05) is 37.6 Å². The van der Waals surface area contributed by atoms with E-state index in [9.17, 15) is 9.59 Å². The lowest BCUT2D eigenvalue weighted by Crippen LogP contribution is -2.23. The summed E-state index contributed by atoms with van der Waals surface area (Å²) in [5, 5.41) is 0. The number of ketones is 1. The maximum Gasteiger partial charge on any atom is 0.354 e. The number of H-pyrrole nitrogens is 1. The Bertz CT molecular complexity index is 1160. The Balaban J connectivity index is 1.48. The average Bonchev–Trinajstić information content (AvgIpc) is 3.35. The zero-order chi connectivity index (χ0) is 23.0. The van der Waals surface area contributed by atoms with Gasteiger partial charge in [-0.2, -0.15) is 0 Å². The second-order valence-electron chi connectivity index (χ2n) is 7.59. The number of aromatic nitrogens is 3. The molecule has 3 aromatic heterocycles. The summed E-state index contributed by atoms with van der Waals surface area (Å²) >= 11 is 0. The van der Waals surface area contributed by atoms with E-state index in [1.165, 1.54) is 7.11 Å². The molecule has 0 aliphatic carbocycles. The number of carbonyl (C=O) groups excluding carboxylic acids is 2. The van der Waals surface area contributed by atoms with E-state index in [0.29, 0.717) is 30.9 Å². The second kappa shape index (κ2) is 10.5. The van der Waals surface area contributed by atoms with Gasteiger partial charge in [0.2, 0.25) is 5.78 Å². The van der Waals surface area contributed by atoms with E-state index in [1.807, 2.05) is 48.5 Å². The van der Waals surface area contributed by atoms with E-state index >= 15 is 0 Å². The normalized spacial score (nSPS) is 10.8. The standard InChI is InChI=1S/C26H24N4O3/c1-33-26(32)24-13-12-23(29-24)25(31)20-10-8-19(9-11-20)16-30(17-21-6-2-4-14-27-21)18-22-7-3-5-15-28-22/h2-15,29H,16-18H2,1H3. The average molecular weight is 441 g/mol. The zero-order valence-electron chi connectivity index (χ0n) is 18.3. The molecule has 7 heteroatoms. The molecule has 0 bridgehead atoms. The van der Waals surface area contributed by atoms with Crippen LogP contribution in [0.15, 0.2) is 85.2 Å². The van der Waals surface area contributed by atoms with E-state index in [0.717, 1.165) is 17.0 Å². The lowest BCUT2D eigenvalue weighted by atomic mass is 10.1. The number of nitrogens with one attached hydrogen (secondary N) is 1. The quantitative estimate of drug-likeness (QED) is 0.312. The molecule has 0 atom stereocenters. The summed E-state index contributed by atoms with van der Waals surface area (Å²) in [5.74, 6) is -0.694. The minimum Gasteiger partial charge on any atom is -0.464 e. The van der Waals surface area contributed by atoms with Gasteiger partial charge in [-0.1, -0.05) is 36.4 Å². The first-order valence-electron chi connectivity index (χ1n) is 10.6. The van der Waals surface area contributed by atoms with Crippen LogP contribution in [0.2, 0.25) is 0 Å². The summed E-state index contributed by atoms with van der Waals surface area (Å²) in [4.78, 5) is 38.4.